The Morgan fingerprint density at radius 2 is 1.87 bits per heavy atom. The number of likely N-dealkylation sites (tertiary alicyclic amines) is 1. The first-order valence-electron chi connectivity index (χ1n) is 10.2. The van der Waals surface area contributed by atoms with E-state index in [0.29, 0.717) is 44.5 Å². The number of para-hydroxylation sites is 2. The Hall–Kier alpha value is -3.22. The van der Waals surface area contributed by atoms with Crippen LogP contribution in [0.1, 0.15) is 29.6 Å². The summed E-state index contributed by atoms with van der Waals surface area (Å²) in [6, 6.07) is 13.5. The summed E-state index contributed by atoms with van der Waals surface area (Å²) in [5, 5.41) is 0. The fraction of sp³-hybridized carbons (Fsp3) is 0.348. The number of ether oxygens (including phenoxy) is 1. The number of amides is 1. The van der Waals surface area contributed by atoms with Crippen LogP contribution in [0, 0.1) is 11.2 Å². The number of aromatic nitrogens is 2. The molecular weight excluding hydrogens is 385 g/mol. The summed E-state index contributed by atoms with van der Waals surface area (Å²) in [5.41, 5.74) is 1.88. The van der Waals surface area contributed by atoms with Gasteiger partial charge in [-0.25, -0.2) is 9.37 Å². The van der Waals surface area contributed by atoms with Gasteiger partial charge >= 0.3 is 5.97 Å². The van der Waals surface area contributed by atoms with E-state index in [9.17, 15) is 14.0 Å². The van der Waals surface area contributed by atoms with Crippen LogP contribution in [0.4, 0.5) is 4.39 Å². The van der Waals surface area contributed by atoms with Gasteiger partial charge in [-0.05, 0) is 49.2 Å². The minimum Gasteiger partial charge on any atom is -0.460 e. The average Bonchev–Trinajstić information content (AvgIpc) is 3.30. The van der Waals surface area contributed by atoms with E-state index < -0.39 is 5.41 Å². The van der Waals surface area contributed by atoms with Crippen molar-refractivity contribution in [2.45, 2.75) is 31.9 Å². The lowest BCUT2D eigenvalue weighted by molar-refractivity contribution is -0.150. The van der Waals surface area contributed by atoms with Crippen molar-refractivity contribution in [1.29, 1.82) is 0 Å². The average molecular weight is 407 g/mol. The first kappa shape index (κ1) is 18.8. The lowest BCUT2D eigenvalue weighted by atomic mass is 9.76. The van der Waals surface area contributed by atoms with E-state index in [1.807, 2.05) is 28.8 Å². The third kappa shape index (κ3) is 3.24. The highest BCUT2D eigenvalue weighted by Gasteiger charge is 2.50. The standard InChI is InChI=1S/C23H22FN3O3/c24-17-7-5-16(6-8-17)21(28)26-11-9-23(10-12-26)13-18(30-22(23)29)14-27-15-25-19-3-1-2-4-20(19)27/h1-8,15,18H,9-14H2. The van der Waals surface area contributed by atoms with Crippen LogP contribution in [0.25, 0.3) is 11.0 Å². The maximum Gasteiger partial charge on any atom is 0.312 e. The number of carbonyl (C=O) groups excluding carboxylic acids is 2. The SMILES string of the molecule is O=C(c1ccc(F)cc1)N1CCC2(CC1)CC(Cn1cnc3ccccc31)OC2=O. The Morgan fingerprint density at radius 1 is 1.13 bits per heavy atom. The van der Waals surface area contributed by atoms with Crippen LogP contribution in [0.2, 0.25) is 0 Å². The molecule has 7 heteroatoms. The highest BCUT2D eigenvalue weighted by Crippen LogP contribution is 2.43. The molecule has 2 fully saturated rings. The Morgan fingerprint density at radius 3 is 2.63 bits per heavy atom. The van der Waals surface area contributed by atoms with Gasteiger partial charge < -0.3 is 14.2 Å². The summed E-state index contributed by atoms with van der Waals surface area (Å²) in [6.07, 6.45) is 3.40. The van der Waals surface area contributed by atoms with Crippen molar-refractivity contribution in [3.63, 3.8) is 0 Å². The highest BCUT2D eigenvalue weighted by molar-refractivity contribution is 5.94. The summed E-state index contributed by atoms with van der Waals surface area (Å²) in [5.74, 6) is -0.655. The topological polar surface area (TPSA) is 64.4 Å². The highest BCUT2D eigenvalue weighted by atomic mass is 19.1. The van der Waals surface area contributed by atoms with Crippen LogP contribution < -0.4 is 0 Å². The fourth-order valence-electron chi connectivity index (χ4n) is 4.64. The van der Waals surface area contributed by atoms with E-state index in [2.05, 4.69) is 4.98 Å². The van der Waals surface area contributed by atoms with Gasteiger partial charge in [-0.2, -0.15) is 0 Å². The van der Waals surface area contributed by atoms with Crippen LogP contribution in [-0.4, -0.2) is 45.5 Å². The maximum absolute atomic E-state index is 13.1. The van der Waals surface area contributed by atoms with Crippen molar-refractivity contribution in [3.8, 4) is 0 Å². The quantitative estimate of drug-likeness (QED) is 0.624. The number of nitrogens with zero attached hydrogens (tertiary/aromatic N) is 3. The summed E-state index contributed by atoms with van der Waals surface area (Å²) in [4.78, 5) is 31.6. The van der Waals surface area contributed by atoms with Gasteiger partial charge in [0.05, 0.1) is 29.3 Å². The molecule has 0 aliphatic carbocycles. The van der Waals surface area contributed by atoms with E-state index >= 15 is 0 Å². The summed E-state index contributed by atoms with van der Waals surface area (Å²) >= 11 is 0. The number of fused-ring (bicyclic) bond motifs is 1. The molecule has 0 radical (unpaired) electrons. The fourth-order valence-corrected chi connectivity index (χ4v) is 4.64. The van der Waals surface area contributed by atoms with Gasteiger partial charge in [-0.15, -0.1) is 0 Å². The lowest BCUT2D eigenvalue weighted by Gasteiger charge is -2.36. The van der Waals surface area contributed by atoms with Crippen LogP contribution >= 0.6 is 0 Å². The Kier molecular flexibility index (Phi) is 4.53. The van der Waals surface area contributed by atoms with Crippen LogP contribution in [-0.2, 0) is 16.1 Å². The molecule has 3 aromatic rings. The summed E-state index contributed by atoms with van der Waals surface area (Å²) < 4.78 is 20.9. The first-order valence-corrected chi connectivity index (χ1v) is 10.2. The van der Waals surface area contributed by atoms with Gasteiger partial charge in [-0.1, -0.05) is 12.1 Å². The molecule has 1 amide bonds. The molecule has 1 spiro atoms. The monoisotopic (exact) mass is 407 g/mol. The van der Waals surface area contributed by atoms with Crippen LogP contribution in [0.15, 0.2) is 54.9 Å². The number of hydrogen-bond donors (Lipinski definition) is 0. The molecule has 1 unspecified atom stereocenters. The van der Waals surface area contributed by atoms with E-state index in [1.54, 1.807) is 11.2 Å². The van der Waals surface area contributed by atoms with Crippen LogP contribution in [0.5, 0.6) is 0 Å². The Labute approximate surface area is 173 Å². The predicted octanol–water partition coefficient (Wildman–Crippen LogP) is 3.41. The number of piperidine rings is 1. The lowest BCUT2D eigenvalue weighted by Crippen LogP contribution is -2.45. The van der Waals surface area contributed by atoms with Crippen molar-refractivity contribution in [3.05, 3.63) is 66.2 Å². The van der Waals surface area contributed by atoms with Gasteiger partial charge in [0.15, 0.2) is 0 Å². The van der Waals surface area contributed by atoms with Gasteiger partial charge in [-0.3, -0.25) is 9.59 Å². The molecule has 3 heterocycles. The van der Waals surface area contributed by atoms with Crippen molar-refractivity contribution in [2.75, 3.05) is 13.1 Å². The Bertz CT molecular complexity index is 1100. The number of esters is 1. The molecule has 5 rings (SSSR count). The van der Waals surface area contributed by atoms with Crippen LogP contribution in [0.3, 0.4) is 0 Å². The van der Waals surface area contributed by atoms with Gasteiger partial charge in [0.1, 0.15) is 11.9 Å². The van der Waals surface area contributed by atoms with Crippen molar-refractivity contribution < 1.29 is 18.7 Å². The number of cyclic esters (lactones) is 1. The number of benzene rings is 2. The van der Waals surface area contributed by atoms with Crippen molar-refractivity contribution >= 4 is 22.9 Å². The first-order chi connectivity index (χ1) is 14.5. The van der Waals surface area contributed by atoms with E-state index in [0.717, 1.165) is 11.0 Å². The van der Waals surface area contributed by atoms with Crippen molar-refractivity contribution in [1.82, 2.24) is 14.5 Å². The molecule has 1 aromatic heterocycles. The molecular formula is C23H22FN3O3. The molecule has 0 bridgehead atoms. The maximum atomic E-state index is 13.1. The normalized spacial score (nSPS) is 20.6. The largest absolute Gasteiger partial charge is 0.460 e. The molecule has 2 saturated heterocycles. The van der Waals surface area contributed by atoms with E-state index in [4.69, 9.17) is 4.74 Å². The minimum absolute atomic E-state index is 0.127. The zero-order chi connectivity index (χ0) is 20.7. The Balaban J connectivity index is 1.25. The van der Waals surface area contributed by atoms with E-state index in [-0.39, 0.29) is 23.8 Å². The smallest absolute Gasteiger partial charge is 0.312 e. The molecule has 2 aromatic carbocycles. The molecule has 6 nitrogen and oxygen atoms in total. The second-order valence-corrected chi connectivity index (χ2v) is 8.20. The zero-order valence-electron chi connectivity index (χ0n) is 16.5. The molecule has 1 atom stereocenters. The third-order valence-corrected chi connectivity index (χ3v) is 6.35. The zero-order valence-corrected chi connectivity index (χ0v) is 16.5. The molecule has 0 saturated carbocycles. The van der Waals surface area contributed by atoms with E-state index in [1.165, 1.54) is 24.3 Å². The number of imidazole rings is 1. The number of rotatable bonds is 3. The van der Waals surface area contributed by atoms with Gasteiger partial charge in [0.25, 0.3) is 5.91 Å². The number of hydrogen-bond acceptors (Lipinski definition) is 4. The second kappa shape index (κ2) is 7.23. The van der Waals surface area contributed by atoms with Crippen molar-refractivity contribution in [2.24, 2.45) is 5.41 Å². The van der Waals surface area contributed by atoms with Gasteiger partial charge in [0, 0.05) is 25.1 Å². The second-order valence-electron chi connectivity index (χ2n) is 8.20. The minimum atomic E-state index is -0.527. The summed E-state index contributed by atoms with van der Waals surface area (Å²) in [6.45, 7) is 1.56. The molecule has 2 aliphatic rings. The molecule has 154 valence electrons. The summed E-state index contributed by atoms with van der Waals surface area (Å²) in [7, 11) is 0. The molecule has 0 N–H and O–H groups in total. The molecule has 30 heavy (non-hydrogen) atoms. The number of carbonyl (C=O) groups is 2. The van der Waals surface area contributed by atoms with Gasteiger partial charge in [0.2, 0.25) is 0 Å². The number of halogens is 1. The molecule has 2 aliphatic heterocycles. The third-order valence-electron chi connectivity index (χ3n) is 6.35. The predicted molar refractivity (Wildman–Crippen MR) is 108 cm³/mol.